The molecule has 41 heavy (non-hydrogen) atoms. The van der Waals surface area contributed by atoms with Crippen molar-refractivity contribution in [2.45, 2.75) is 50.4 Å². The lowest BCUT2D eigenvalue weighted by Crippen LogP contribution is -2.15. The van der Waals surface area contributed by atoms with Crippen molar-refractivity contribution in [1.82, 2.24) is 30.4 Å². The highest BCUT2D eigenvalue weighted by Crippen LogP contribution is 2.43. The molecule has 2 amide bonds. The number of hydrogen-bond acceptors (Lipinski definition) is 12. The van der Waals surface area contributed by atoms with Gasteiger partial charge in [-0.15, -0.1) is 20.4 Å². The smallest absolute Gasteiger partial charge is 0.232 e. The Morgan fingerprint density at radius 3 is 1.95 bits per heavy atom. The number of pyridine rings is 2. The number of hydrogen-bond donors (Lipinski definition) is 3. The summed E-state index contributed by atoms with van der Waals surface area (Å²) in [5.74, 6) is -0.0213. The maximum atomic E-state index is 12.6. The maximum Gasteiger partial charge on any atom is 0.232 e. The van der Waals surface area contributed by atoms with Gasteiger partial charge in [0.1, 0.15) is 10.0 Å². The van der Waals surface area contributed by atoms with Gasteiger partial charge >= 0.3 is 0 Å². The molecule has 1 aliphatic rings. The maximum absolute atomic E-state index is 12.6. The summed E-state index contributed by atoms with van der Waals surface area (Å²) in [6.45, 7) is 0. The Balaban J connectivity index is 1.15. The van der Waals surface area contributed by atoms with E-state index in [1.54, 1.807) is 37.5 Å². The fourth-order valence-corrected chi connectivity index (χ4v) is 6.49. The number of nitrogens with one attached hydrogen (secondary N) is 3. The number of nitrogens with zero attached hydrogens (tertiary/aromatic N) is 7. The van der Waals surface area contributed by atoms with E-state index in [1.165, 1.54) is 22.7 Å². The van der Waals surface area contributed by atoms with Crippen LogP contribution in [-0.2, 0) is 22.4 Å². The van der Waals surface area contributed by atoms with E-state index in [-0.39, 0.29) is 36.5 Å². The molecule has 0 saturated heterocycles. The van der Waals surface area contributed by atoms with Crippen molar-refractivity contribution in [3.05, 3.63) is 69.2 Å². The van der Waals surface area contributed by atoms with Crippen molar-refractivity contribution in [2.75, 3.05) is 17.7 Å². The molecule has 0 bridgehead atoms. The molecule has 0 radical (unpaired) electrons. The average molecular weight is 589 g/mol. The molecular formula is C27H28N10O2S2. The first-order valence-electron chi connectivity index (χ1n) is 13.1. The van der Waals surface area contributed by atoms with Crippen LogP contribution in [0.3, 0.4) is 0 Å². The Morgan fingerprint density at radius 1 is 0.878 bits per heavy atom. The predicted molar refractivity (Wildman–Crippen MR) is 158 cm³/mol. The molecule has 14 heteroatoms. The largest absolute Gasteiger partial charge is 0.307 e. The van der Waals surface area contributed by atoms with Gasteiger partial charge < -0.3 is 16.0 Å². The number of amides is 2. The lowest BCUT2D eigenvalue weighted by molar-refractivity contribution is -0.116. The molecule has 4 aromatic heterocycles. The fourth-order valence-electron chi connectivity index (χ4n) is 4.67. The van der Waals surface area contributed by atoms with Gasteiger partial charge in [0.05, 0.1) is 35.6 Å². The van der Waals surface area contributed by atoms with Crippen LogP contribution >= 0.6 is 22.7 Å². The van der Waals surface area contributed by atoms with Crippen LogP contribution in [0.5, 0.6) is 0 Å². The summed E-state index contributed by atoms with van der Waals surface area (Å²) in [5, 5.41) is 32.8. The molecule has 1 aliphatic carbocycles. The molecule has 1 saturated carbocycles. The zero-order valence-electron chi connectivity index (χ0n) is 22.3. The lowest BCUT2D eigenvalue weighted by Gasteiger charge is -2.25. The van der Waals surface area contributed by atoms with Crippen LogP contribution in [0.1, 0.15) is 70.3 Å². The van der Waals surface area contributed by atoms with Gasteiger partial charge in [0, 0.05) is 31.3 Å². The monoisotopic (exact) mass is 588 g/mol. The molecule has 3 N–H and O–H groups in total. The topological polar surface area (TPSA) is 172 Å². The summed E-state index contributed by atoms with van der Waals surface area (Å²) in [5.41, 5.74) is 2.45. The Hall–Kier alpha value is -4.30. The number of anilines is 2. The Morgan fingerprint density at radius 2 is 1.41 bits per heavy atom. The van der Waals surface area contributed by atoms with Crippen LogP contribution in [0.2, 0.25) is 0 Å². The third kappa shape index (κ3) is 7.67. The summed E-state index contributed by atoms with van der Waals surface area (Å²) in [6.07, 6.45) is 6.85. The first kappa shape index (κ1) is 28.2. The third-order valence-corrected chi connectivity index (χ3v) is 8.50. The second-order valence-electron chi connectivity index (χ2n) is 9.54. The van der Waals surface area contributed by atoms with E-state index in [4.69, 9.17) is 5.41 Å². The second-order valence-corrected chi connectivity index (χ2v) is 11.6. The van der Waals surface area contributed by atoms with Crippen molar-refractivity contribution in [3.8, 4) is 0 Å². The zero-order chi connectivity index (χ0) is 28.6. The number of aromatic nitrogens is 6. The van der Waals surface area contributed by atoms with Gasteiger partial charge in [0.15, 0.2) is 0 Å². The van der Waals surface area contributed by atoms with Crippen molar-refractivity contribution in [3.63, 3.8) is 0 Å². The number of rotatable bonds is 10. The minimum Gasteiger partial charge on any atom is -0.307 e. The zero-order valence-corrected chi connectivity index (χ0v) is 23.9. The van der Waals surface area contributed by atoms with Crippen LogP contribution in [0, 0.1) is 5.41 Å². The van der Waals surface area contributed by atoms with Gasteiger partial charge in [-0.3, -0.25) is 24.5 Å². The number of carbonyl (C=O) groups is 2. The van der Waals surface area contributed by atoms with Gasteiger partial charge in [-0.2, -0.15) is 0 Å². The van der Waals surface area contributed by atoms with Crippen LogP contribution in [0.25, 0.3) is 0 Å². The van der Waals surface area contributed by atoms with Crippen molar-refractivity contribution in [1.29, 1.82) is 5.41 Å². The van der Waals surface area contributed by atoms with E-state index in [0.717, 1.165) is 41.9 Å². The van der Waals surface area contributed by atoms with E-state index >= 15 is 0 Å². The van der Waals surface area contributed by atoms with Crippen molar-refractivity contribution in [2.24, 2.45) is 4.99 Å². The highest BCUT2D eigenvalue weighted by molar-refractivity contribution is 7.15. The summed E-state index contributed by atoms with van der Waals surface area (Å²) in [4.78, 5) is 37.7. The third-order valence-electron chi connectivity index (χ3n) is 6.50. The number of aliphatic imine (C=N–C) groups is 1. The van der Waals surface area contributed by atoms with Crippen LogP contribution in [0.15, 0.2) is 41.4 Å². The molecule has 0 unspecified atom stereocenters. The molecule has 0 spiro atoms. The molecule has 5 rings (SSSR count). The highest BCUT2D eigenvalue weighted by Gasteiger charge is 2.29. The lowest BCUT2D eigenvalue weighted by atomic mass is 9.82. The van der Waals surface area contributed by atoms with Crippen molar-refractivity contribution >= 4 is 57.2 Å². The summed E-state index contributed by atoms with van der Waals surface area (Å²) in [6, 6.07) is 10.7. The fraction of sp³-hybridized carbons (Fsp3) is 0.333. The predicted octanol–water partition coefficient (Wildman–Crippen LogP) is 4.03. The van der Waals surface area contributed by atoms with Gasteiger partial charge in [-0.25, -0.2) is 0 Å². The van der Waals surface area contributed by atoms with Crippen molar-refractivity contribution < 1.29 is 9.59 Å². The molecule has 12 nitrogen and oxygen atoms in total. The molecular weight excluding hydrogens is 560 g/mol. The molecule has 0 aliphatic heterocycles. The van der Waals surface area contributed by atoms with E-state index in [0.29, 0.717) is 33.0 Å². The average Bonchev–Trinajstić information content (AvgIpc) is 3.63. The van der Waals surface area contributed by atoms with Crippen LogP contribution in [0.4, 0.5) is 10.3 Å². The highest BCUT2D eigenvalue weighted by atomic mass is 32.1. The summed E-state index contributed by atoms with van der Waals surface area (Å²) >= 11 is 2.79. The minimum atomic E-state index is -0.231. The first-order valence-corrected chi connectivity index (χ1v) is 14.7. The SMILES string of the molecule is CN=Cc1cccc(CC(=O)Nc2nnc([C@H]3CCC[C@H](c4nnc(NC(=O)Cc5cccc(C=N)n5)s4)C3)s2)n1. The van der Waals surface area contributed by atoms with Gasteiger partial charge in [-0.05, 0) is 43.5 Å². The number of carbonyl (C=O) groups excluding carboxylic acids is 2. The Bertz CT molecular complexity index is 1570. The minimum absolute atomic E-state index is 0.0919. The normalized spacial score (nSPS) is 16.9. The van der Waals surface area contributed by atoms with E-state index in [2.05, 4.69) is 46.0 Å². The standard InChI is InChI=1S/C27H28N10O2S2/c1-29-15-21-10-4-8-19(31-21)13-23(39)33-27-37-35-25(41-27)17-6-2-5-16(11-17)24-34-36-26(40-24)32-22(38)12-18-7-3-9-20(14-28)30-18/h3-4,7-10,14-17,28H,2,5-6,11-13H2,1H3,(H,32,36,38)(H,33,37,39)/t16-,17-/m0/s1. The molecule has 4 aromatic rings. The second kappa shape index (κ2) is 13.4. The molecule has 4 heterocycles. The molecule has 2 atom stereocenters. The Kier molecular flexibility index (Phi) is 9.21. The van der Waals surface area contributed by atoms with E-state index < -0.39 is 0 Å². The van der Waals surface area contributed by atoms with Crippen LogP contribution in [-0.4, -0.2) is 61.7 Å². The Labute approximate surface area is 244 Å². The molecule has 0 aromatic carbocycles. The first-order chi connectivity index (χ1) is 20.0. The van der Waals surface area contributed by atoms with Gasteiger partial charge in [0.25, 0.3) is 0 Å². The van der Waals surface area contributed by atoms with E-state index in [1.807, 2.05) is 12.1 Å². The van der Waals surface area contributed by atoms with Gasteiger partial charge in [0.2, 0.25) is 22.1 Å². The summed E-state index contributed by atoms with van der Waals surface area (Å²) < 4.78 is 0. The summed E-state index contributed by atoms with van der Waals surface area (Å²) in [7, 11) is 1.68. The molecule has 210 valence electrons. The quantitative estimate of drug-likeness (QED) is 0.233. The van der Waals surface area contributed by atoms with Gasteiger partial charge in [-0.1, -0.05) is 41.2 Å². The van der Waals surface area contributed by atoms with E-state index in [9.17, 15) is 9.59 Å². The van der Waals surface area contributed by atoms with Crippen LogP contribution < -0.4 is 10.6 Å². The molecule has 1 fully saturated rings.